The zero-order valence-electron chi connectivity index (χ0n) is 17.9. The minimum absolute atomic E-state index is 0.127. The molecule has 0 heterocycles. The number of carbonyl (C=O) groups excluding carboxylic acids is 2. The van der Waals surface area contributed by atoms with E-state index in [1.807, 2.05) is 6.07 Å². The number of amides is 1. The van der Waals surface area contributed by atoms with Crippen LogP contribution < -0.4 is 14.8 Å². The van der Waals surface area contributed by atoms with Crippen LogP contribution in [0.5, 0.6) is 11.5 Å². The molecule has 2 aromatic rings. The number of esters is 1. The second-order valence-electron chi connectivity index (χ2n) is 6.63. The average Bonchev–Trinajstić information content (AvgIpc) is 2.80. The highest BCUT2D eigenvalue weighted by Gasteiger charge is 2.16. The minimum atomic E-state index is -0.641. The van der Waals surface area contributed by atoms with Crippen molar-refractivity contribution in [1.82, 2.24) is 0 Å². The number of carbonyl (C=O) groups is 2. The Balaban J connectivity index is 2.20. The zero-order chi connectivity index (χ0) is 22.6. The smallest absolute Gasteiger partial charge is 0.339 e. The SMILES string of the molecule is CCCCCOc1ccc(/C=C(/C#N)C(=O)Nc2ccccc2C(=O)OC)cc1OC. The second-order valence-corrected chi connectivity index (χ2v) is 6.63. The van der Waals surface area contributed by atoms with Gasteiger partial charge in [-0.05, 0) is 42.3 Å². The van der Waals surface area contributed by atoms with Crippen molar-refractivity contribution in [2.75, 3.05) is 26.1 Å². The first kappa shape index (κ1) is 23.5. The lowest BCUT2D eigenvalue weighted by Gasteiger charge is -2.11. The topological polar surface area (TPSA) is 97.7 Å². The predicted octanol–water partition coefficient (Wildman–Crippen LogP) is 4.60. The van der Waals surface area contributed by atoms with Gasteiger partial charge in [-0.15, -0.1) is 0 Å². The Morgan fingerprint density at radius 2 is 1.87 bits per heavy atom. The molecular formula is C24H26N2O5. The van der Waals surface area contributed by atoms with E-state index < -0.39 is 11.9 Å². The Kier molecular flexibility index (Phi) is 9.12. The number of para-hydroxylation sites is 1. The first-order valence-corrected chi connectivity index (χ1v) is 9.95. The number of rotatable bonds is 10. The van der Waals surface area contributed by atoms with Crippen molar-refractivity contribution < 1.29 is 23.8 Å². The van der Waals surface area contributed by atoms with E-state index in [0.29, 0.717) is 23.7 Å². The quantitative estimate of drug-likeness (QED) is 0.260. The van der Waals surface area contributed by atoms with Crippen LogP contribution in [0.1, 0.15) is 42.1 Å². The molecule has 2 aromatic carbocycles. The second kappa shape index (κ2) is 12.0. The van der Waals surface area contributed by atoms with E-state index in [4.69, 9.17) is 14.2 Å². The van der Waals surface area contributed by atoms with Gasteiger partial charge in [0.15, 0.2) is 11.5 Å². The monoisotopic (exact) mass is 422 g/mol. The van der Waals surface area contributed by atoms with Crippen molar-refractivity contribution in [1.29, 1.82) is 5.26 Å². The van der Waals surface area contributed by atoms with Gasteiger partial charge in [0.05, 0.1) is 32.1 Å². The Bertz CT molecular complexity index is 992. The summed E-state index contributed by atoms with van der Waals surface area (Å²) >= 11 is 0. The van der Waals surface area contributed by atoms with E-state index in [-0.39, 0.29) is 16.8 Å². The van der Waals surface area contributed by atoms with Crippen molar-refractivity contribution in [2.45, 2.75) is 26.2 Å². The summed E-state index contributed by atoms with van der Waals surface area (Å²) in [6.45, 7) is 2.71. The molecule has 1 amide bonds. The number of ether oxygens (including phenoxy) is 3. The first-order chi connectivity index (χ1) is 15.0. The largest absolute Gasteiger partial charge is 0.493 e. The summed E-state index contributed by atoms with van der Waals surface area (Å²) in [5.74, 6) is -0.111. The number of methoxy groups -OCH3 is 2. The third kappa shape index (κ3) is 6.61. The van der Waals surface area contributed by atoms with Gasteiger partial charge in [-0.3, -0.25) is 4.79 Å². The van der Waals surface area contributed by atoms with Crippen molar-refractivity contribution in [3.63, 3.8) is 0 Å². The molecule has 0 saturated heterocycles. The van der Waals surface area contributed by atoms with Crippen molar-refractivity contribution >= 4 is 23.6 Å². The molecule has 0 spiro atoms. The Hall–Kier alpha value is -3.79. The zero-order valence-corrected chi connectivity index (χ0v) is 17.9. The Morgan fingerprint density at radius 3 is 2.55 bits per heavy atom. The lowest BCUT2D eigenvalue weighted by Crippen LogP contribution is -2.16. The fourth-order valence-electron chi connectivity index (χ4n) is 2.81. The molecule has 0 aliphatic carbocycles. The number of nitriles is 1. The van der Waals surface area contributed by atoms with Gasteiger partial charge in [0, 0.05) is 0 Å². The number of anilines is 1. The summed E-state index contributed by atoms with van der Waals surface area (Å²) in [5.41, 5.74) is 0.930. The van der Waals surface area contributed by atoms with E-state index >= 15 is 0 Å². The van der Waals surface area contributed by atoms with Crippen LogP contribution in [0.15, 0.2) is 48.0 Å². The van der Waals surface area contributed by atoms with Gasteiger partial charge < -0.3 is 19.5 Å². The molecule has 7 nitrogen and oxygen atoms in total. The van der Waals surface area contributed by atoms with Crippen LogP contribution in [0.2, 0.25) is 0 Å². The molecule has 1 N–H and O–H groups in total. The minimum Gasteiger partial charge on any atom is -0.493 e. The molecule has 0 aromatic heterocycles. The molecule has 162 valence electrons. The molecule has 2 rings (SSSR count). The third-order valence-corrected chi connectivity index (χ3v) is 4.45. The highest BCUT2D eigenvalue weighted by atomic mass is 16.5. The Labute approximate surface area is 182 Å². The van der Waals surface area contributed by atoms with Crippen LogP contribution in [0, 0.1) is 11.3 Å². The van der Waals surface area contributed by atoms with Gasteiger partial charge >= 0.3 is 5.97 Å². The van der Waals surface area contributed by atoms with Crippen LogP contribution in [-0.2, 0) is 9.53 Å². The van der Waals surface area contributed by atoms with Crippen LogP contribution in [0.4, 0.5) is 5.69 Å². The summed E-state index contributed by atoms with van der Waals surface area (Å²) in [7, 11) is 2.79. The number of unbranched alkanes of at least 4 members (excludes halogenated alkanes) is 2. The maximum atomic E-state index is 12.6. The average molecular weight is 422 g/mol. The fraction of sp³-hybridized carbons (Fsp3) is 0.292. The molecule has 0 radical (unpaired) electrons. The molecular weight excluding hydrogens is 396 g/mol. The molecule has 0 fully saturated rings. The molecule has 0 aliphatic heterocycles. The molecule has 0 bridgehead atoms. The van der Waals surface area contributed by atoms with Gasteiger partial charge in [-0.1, -0.05) is 38.0 Å². The number of benzene rings is 2. The highest BCUT2D eigenvalue weighted by Crippen LogP contribution is 2.29. The van der Waals surface area contributed by atoms with Crippen molar-refractivity contribution in [3.8, 4) is 17.6 Å². The van der Waals surface area contributed by atoms with E-state index in [2.05, 4.69) is 12.2 Å². The summed E-state index contributed by atoms with van der Waals surface area (Å²) in [5, 5.41) is 12.1. The lowest BCUT2D eigenvalue weighted by molar-refractivity contribution is -0.112. The lowest BCUT2D eigenvalue weighted by atomic mass is 10.1. The standard InChI is InChI=1S/C24H26N2O5/c1-4-5-8-13-31-21-12-11-17(15-22(21)29-2)14-18(16-25)23(27)26-20-10-7-6-9-19(20)24(28)30-3/h6-7,9-12,14-15H,4-5,8,13H2,1-3H3,(H,26,27)/b18-14-. The number of nitrogens with one attached hydrogen (secondary N) is 1. The van der Waals surface area contributed by atoms with Crippen LogP contribution >= 0.6 is 0 Å². The number of hydrogen-bond donors (Lipinski definition) is 1. The summed E-state index contributed by atoms with van der Waals surface area (Å²) in [6, 6.07) is 13.5. The molecule has 7 heteroatoms. The van der Waals surface area contributed by atoms with Gasteiger partial charge in [-0.25, -0.2) is 4.79 Å². The maximum absolute atomic E-state index is 12.6. The van der Waals surface area contributed by atoms with E-state index in [1.54, 1.807) is 36.4 Å². The molecule has 0 aliphatic rings. The molecule has 31 heavy (non-hydrogen) atoms. The Morgan fingerprint density at radius 1 is 1.10 bits per heavy atom. The molecule has 0 unspecified atom stereocenters. The van der Waals surface area contributed by atoms with E-state index in [1.165, 1.54) is 26.4 Å². The van der Waals surface area contributed by atoms with E-state index in [0.717, 1.165) is 19.3 Å². The molecule has 0 atom stereocenters. The number of hydrogen-bond acceptors (Lipinski definition) is 6. The third-order valence-electron chi connectivity index (χ3n) is 4.45. The van der Waals surface area contributed by atoms with Gasteiger partial charge in [-0.2, -0.15) is 5.26 Å². The van der Waals surface area contributed by atoms with Crippen LogP contribution in [0.25, 0.3) is 6.08 Å². The summed E-state index contributed by atoms with van der Waals surface area (Å²) < 4.78 is 15.9. The normalized spacial score (nSPS) is 10.7. The first-order valence-electron chi connectivity index (χ1n) is 9.95. The summed E-state index contributed by atoms with van der Waals surface area (Å²) in [6.07, 6.45) is 4.59. The van der Waals surface area contributed by atoms with Crippen molar-refractivity contribution in [2.24, 2.45) is 0 Å². The highest BCUT2D eigenvalue weighted by molar-refractivity contribution is 6.12. The van der Waals surface area contributed by atoms with Gasteiger partial charge in [0.25, 0.3) is 5.91 Å². The van der Waals surface area contributed by atoms with Gasteiger partial charge in [0.1, 0.15) is 11.6 Å². The van der Waals surface area contributed by atoms with Gasteiger partial charge in [0.2, 0.25) is 0 Å². The maximum Gasteiger partial charge on any atom is 0.339 e. The number of nitrogens with zero attached hydrogens (tertiary/aromatic N) is 1. The van der Waals surface area contributed by atoms with Crippen LogP contribution in [-0.4, -0.2) is 32.7 Å². The summed E-state index contributed by atoms with van der Waals surface area (Å²) in [4.78, 5) is 24.5. The molecule has 0 saturated carbocycles. The predicted molar refractivity (Wildman–Crippen MR) is 118 cm³/mol. The van der Waals surface area contributed by atoms with E-state index in [9.17, 15) is 14.9 Å². The van der Waals surface area contributed by atoms with Crippen LogP contribution in [0.3, 0.4) is 0 Å². The van der Waals surface area contributed by atoms with Crippen molar-refractivity contribution in [3.05, 3.63) is 59.2 Å². The fourth-order valence-corrected chi connectivity index (χ4v) is 2.81.